The number of carbonyl (C=O) groups is 1. The van der Waals surface area contributed by atoms with Gasteiger partial charge in [0.05, 0.1) is 19.8 Å². The normalized spacial score (nSPS) is 13.0. The summed E-state index contributed by atoms with van der Waals surface area (Å²) in [5.41, 5.74) is -1.09. The Balaban J connectivity index is 3.29. The summed E-state index contributed by atoms with van der Waals surface area (Å²) in [6, 6.07) is 5.29. The Kier molecular flexibility index (Phi) is 7.02. The molecule has 0 aromatic heterocycles. The van der Waals surface area contributed by atoms with Gasteiger partial charge in [-0.1, -0.05) is 12.1 Å². The fraction of sp³-hybridized carbons (Fsp3) is 0.500. The summed E-state index contributed by atoms with van der Waals surface area (Å²) >= 11 is 0. The highest BCUT2D eigenvalue weighted by Crippen LogP contribution is 2.61. The van der Waals surface area contributed by atoms with Gasteiger partial charge in [-0.25, -0.2) is 4.39 Å². The number of esters is 1. The summed E-state index contributed by atoms with van der Waals surface area (Å²) in [6.07, 6.45) is 0. The summed E-state index contributed by atoms with van der Waals surface area (Å²) in [5, 5.41) is 0. The van der Waals surface area contributed by atoms with Gasteiger partial charge in [-0.05, 0) is 38.5 Å². The van der Waals surface area contributed by atoms with Gasteiger partial charge >= 0.3 is 13.6 Å². The summed E-state index contributed by atoms with van der Waals surface area (Å²) in [7, 11) is -3.80. The first-order valence-corrected chi connectivity index (χ1v) is 8.40. The van der Waals surface area contributed by atoms with Crippen molar-refractivity contribution in [1.82, 2.24) is 0 Å². The third-order valence-electron chi connectivity index (χ3n) is 2.61. The van der Waals surface area contributed by atoms with Gasteiger partial charge in [0, 0.05) is 0 Å². The minimum absolute atomic E-state index is 0.0997. The number of benzene rings is 1. The van der Waals surface area contributed by atoms with E-state index in [0.717, 1.165) is 6.07 Å². The Hall–Kier alpha value is -1.23. The molecule has 1 atom stereocenters. The van der Waals surface area contributed by atoms with Gasteiger partial charge < -0.3 is 13.8 Å². The molecule has 0 aliphatic heterocycles. The molecule has 0 heterocycles. The molecule has 7 heteroatoms. The van der Waals surface area contributed by atoms with Gasteiger partial charge in [0.1, 0.15) is 5.82 Å². The molecule has 1 aromatic rings. The van der Waals surface area contributed by atoms with Crippen molar-refractivity contribution in [3.63, 3.8) is 0 Å². The highest BCUT2D eigenvalue weighted by Gasteiger charge is 2.43. The highest BCUT2D eigenvalue weighted by atomic mass is 31.2. The maximum atomic E-state index is 13.4. The Morgan fingerprint density at radius 1 is 1.19 bits per heavy atom. The lowest BCUT2D eigenvalue weighted by atomic mass is 10.1. The van der Waals surface area contributed by atoms with E-state index >= 15 is 0 Å². The molecule has 0 fully saturated rings. The zero-order valence-electron chi connectivity index (χ0n) is 12.4. The van der Waals surface area contributed by atoms with E-state index in [1.165, 1.54) is 18.2 Å². The Labute approximate surface area is 123 Å². The monoisotopic (exact) mass is 318 g/mol. The average molecular weight is 318 g/mol. The quantitative estimate of drug-likeness (QED) is 0.540. The van der Waals surface area contributed by atoms with Crippen LogP contribution < -0.4 is 0 Å². The molecular weight excluding hydrogens is 298 g/mol. The van der Waals surface area contributed by atoms with Crippen LogP contribution in [0.2, 0.25) is 0 Å². The Bertz CT molecular complexity index is 510. The van der Waals surface area contributed by atoms with Crippen LogP contribution in [0.5, 0.6) is 0 Å². The van der Waals surface area contributed by atoms with Gasteiger partial charge in [0.2, 0.25) is 0 Å². The predicted octanol–water partition coefficient (Wildman–Crippen LogP) is 3.70. The van der Waals surface area contributed by atoms with Crippen LogP contribution in [0.25, 0.3) is 0 Å². The largest absolute Gasteiger partial charge is 0.465 e. The maximum absolute atomic E-state index is 13.4. The van der Waals surface area contributed by atoms with Gasteiger partial charge in [-0.15, -0.1) is 0 Å². The topological polar surface area (TPSA) is 61.8 Å². The van der Waals surface area contributed by atoms with Crippen molar-refractivity contribution in [1.29, 1.82) is 0 Å². The Morgan fingerprint density at radius 3 is 2.29 bits per heavy atom. The summed E-state index contributed by atoms with van der Waals surface area (Å²) < 4.78 is 41.6. The van der Waals surface area contributed by atoms with Gasteiger partial charge in [-0.3, -0.25) is 9.36 Å². The molecule has 0 radical (unpaired) electrons. The Morgan fingerprint density at radius 2 is 1.81 bits per heavy atom. The zero-order valence-corrected chi connectivity index (χ0v) is 13.3. The zero-order chi connectivity index (χ0) is 15.9. The van der Waals surface area contributed by atoms with Crippen LogP contribution in [-0.4, -0.2) is 25.8 Å². The van der Waals surface area contributed by atoms with Crippen LogP contribution in [0, 0.1) is 5.82 Å². The van der Waals surface area contributed by atoms with Crippen molar-refractivity contribution in [2.75, 3.05) is 19.8 Å². The van der Waals surface area contributed by atoms with Crippen molar-refractivity contribution < 1.29 is 27.5 Å². The highest BCUT2D eigenvalue weighted by molar-refractivity contribution is 7.55. The third-order valence-corrected chi connectivity index (χ3v) is 4.99. The summed E-state index contributed by atoms with van der Waals surface area (Å²) in [6.45, 7) is 5.22. The van der Waals surface area contributed by atoms with Crippen molar-refractivity contribution in [3.05, 3.63) is 35.6 Å². The first-order valence-electron chi connectivity index (χ1n) is 6.79. The molecule has 1 rings (SSSR count). The van der Waals surface area contributed by atoms with Gasteiger partial charge in [0.25, 0.3) is 0 Å². The molecule has 0 aliphatic rings. The van der Waals surface area contributed by atoms with Crippen LogP contribution in [0.3, 0.4) is 0 Å². The van der Waals surface area contributed by atoms with E-state index in [4.69, 9.17) is 13.8 Å². The number of carbonyl (C=O) groups excluding carboxylic acids is 1. The minimum atomic E-state index is -3.80. The molecule has 0 amide bonds. The average Bonchev–Trinajstić information content (AvgIpc) is 2.39. The lowest BCUT2D eigenvalue weighted by molar-refractivity contribution is -0.143. The smallest absolute Gasteiger partial charge is 0.349 e. The molecule has 0 saturated heterocycles. The second kappa shape index (κ2) is 8.27. The molecular formula is C14H20FO5P. The van der Waals surface area contributed by atoms with E-state index in [1.807, 2.05) is 0 Å². The van der Waals surface area contributed by atoms with Crippen molar-refractivity contribution >= 4 is 13.6 Å². The molecule has 5 nitrogen and oxygen atoms in total. The SMILES string of the molecule is CCOC(=O)C(c1cccc(F)c1)P(=O)(OCC)OCC. The van der Waals surface area contributed by atoms with Crippen LogP contribution in [0.1, 0.15) is 32.0 Å². The van der Waals surface area contributed by atoms with E-state index in [2.05, 4.69) is 0 Å². The molecule has 0 N–H and O–H groups in total. The molecule has 1 unspecified atom stereocenters. The van der Waals surface area contributed by atoms with Gasteiger partial charge in [0.15, 0.2) is 5.66 Å². The minimum Gasteiger partial charge on any atom is -0.465 e. The van der Waals surface area contributed by atoms with Gasteiger partial charge in [-0.2, -0.15) is 0 Å². The van der Waals surface area contributed by atoms with Crippen molar-refractivity contribution in [3.8, 4) is 0 Å². The first-order chi connectivity index (χ1) is 9.98. The fourth-order valence-corrected chi connectivity index (χ4v) is 3.84. The first kappa shape index (κ1) is 17.8. The van der Waals surface area contributed by atoms with E-state index in [1.54, 1.807) is 20.8 Å². The molecule has 0 saturated carbocycles. The van der Waals surface area contributed by atoms with E-state index in [0.29, 0.717) is 0 Å². The van der Waals surface area contributed by atoms with E-state index in [-0.39, 0.29) is 25.4 Å². The molecule has 0 spiro atoms. The number of ether oxygens (including phenoxy) is 1. The van der Waals surface area contributed by atoms with E-state index < -0.39 is 25.0 Å². The fourth-order valence-electron chi connectivity index (χ4n) is 1.89. The molecule has 21 heavy (non-hydrogen) atoms. The maximum Gasteiger partial charge on any atom is 0.349 e. The lowest BCUT2D eigenvalue weighted by Gasteiger charge is -2.25. The van der Waals surface area contributed by atoms with Crippen LogP contribution in [-0.2, 0) is 23.1 Å². The van der Waals surface area contributed by atoms with Crippen molar-refractivity contribution in [2.24, 2.45) is 0 Å². The summed E-state index contributed by atoms with van der Waals surface area (Å²) in [5.74, 6) is -1.30. The van der Waals surface area contributed by atoms with Crippen LogP contribution in [0.15, 0.2) is 24.3 Å². The molecule has 0 aliphatic carbocycles. The number of hydrogen-bond donors (Lipinski definition) is 0. The molecule has 118 valence electrons. The van der Waals surface area contributed by atoms with Crippen molar-refractivity contribution in [2.45, 2.75) is 26.4 Å². The lowest BCUT2D eigenvalue weighted by Crippen LogP contribution is -2.19. The molecule has 1 aromatic carbocycles. The second-order valence-corrected chi connectivity index (χ2v) is 6.20. The standard InChI is InChI=1S/C14H20FO5P/c1-4-18-14(16)13(11-8-7-9-12(15)10-11)21(17,19-5-2)20-6-3/h7-10,13H,4-6H2,1-3H3. The second-order valence-electron chi connectivity index (χ2n) is 4.08. The number of rotatable bonds is 8. The third kappa shape index (κ3) is 4.63. The predicted molar refractivity (Wildman–Crippen MR) is 76.6 cm³/mol. The van der Waals surface area contributed by atoms with E-state index in [9.17, 15) is 13.8 Å². The number of hydrogen-bond acceptors (Lipinski definition) is 5. The van der Waals surface area contributed by atoms with Crippen LogP contribution in [0.4, 0.5) is 4.39 Å². The summed E-state index contributed by atoms with van der Waals surface area (Å²) in [4.78, 5) is 12.2. The van der Waals surface area contributed by atoms with Crippen LogP contribution >= 0.6 is 7.60 Å². The molecule has 0 bridgehead atoms. The number of halogens is 1.